The van der Waals surface area contributed by atoms with E-state index in [4.69, 9.17) is 0 Å². The Labute approximate surface area is 148 Å². The molecule has 8 heteroatoms. The van der Waals surface area contributed by atoms with Crippen LogP contribution >= 0.6 is 24.2 Å². The highest BCUT2D eigenvalue weighted by atomic mass is 35.5. The van der Waals surface area contributed by atoms with Crippen molar-refractivity contribution in [2.75, 3.05) is 18.8 Å². The van der Waals surface area contributed by atoms with Gasteiger partial charge in [0.1, 0.15) is 0 Å². The summed E-state index contributed by atoms with van der Waals surface area (Å²) in [6.07, 6.45) is 5.91. The molecule has 3 aliphatic rings. The van der Waals surface area contributed by atoms with Crippen LogP contribution in [0.2, 0.25) is 0 Å². The van der Waals surface area contributed by atoms with Crippen LogP contribution in [0.5, 0.6) is 0 Å². The molecule has 3 rings (SSSR count). The molecule has 132 valence electrons. The van der Waals surface area contributed by atoms with Gasteiger partial charge in [0.15, 0.2) is 0 Å². The summed E-state index contributed by atoms with van der Waals surface area (Å²) >= 11 is 1.94. The monoisotopic (exact) mass is 362 g/mol. The van der Waals surface area contributed by atoms with Crippen LogP contribution in [0.1, 0.15) is 38.5 Å². The number of nitrogens with one attached hydrogen (secondary N) is 4. The maximum absolute atomic E-state index is 11.9. The minimum absolute atomic E-state index is 0. The van der Waals surface area contributed by atoms with E-state index in [1.54, 1.807) is 0 Å². The van der Waals surface area contributed by atoms with Crippen molar-refractivity contribution in [1.82, 2.24) is 21.3 Å². The fourth-order valence-corrected chi connectivity index (χ4v) is 5.09. The van der Waals surface area contributed by atoms with E-state index in [0.717, 1.165) is 50.9 Å². The van der Waals surface area contributed by atoms with Crippen molar-refractivity contribution in [3.8, 4) is 0 Å². The van der Waals surface area contributed by atoms with E-state index in [2.05, 4.69) is 21.3 Å². The summed E-state index contributed by atoms with van der Waals surface area (Å²) in [5, 5.41) is 12.9. The molecule has 0 aliphatic carbocycles. The van der Waals surface area contributed by atoms with Crippen LogP contribution in [-0.4, -0.2) is 54.2 Å². The van der Waals surface area contributed by atoms with E-state index in [0.29, 0.717) is 23.8 Å². The predicted octanol–water partition coefficient (Wildman–Crippen LogP) is 1.00. The fraction of sp³-hybridized carbons (Fsp3) is 0.867. The number of hydrogen-bond acceptors (Lipinski definition) is 4. The first kappa shape index (κ1) is 18.7. The second-order valence-electron chi connectivity index (χ2n) is 6.48. The van der Waals surface area contributed by atoms with Gasteiger partial charge in [0, 0.05) is 30.0 Å². The largest absolute Gasteiger partial charge is 0.352 e. The summed E-state index contributed by atoms with van der Waals surface area (Å²) in [6.45, 7) is 1.97. The number of carbonyl (C=O) groups is 2. The van der Waals surface area contributed by atoms with E-state index < -0.39 is 0 Å². The normalized spacial score (nSPS) is 32.4. The number of fused-ring (bicyclic) bond motifs is 1. The molecule has 4 atom stereocenters. The maximum atomic E-state index is 11.9. The number of carbonyl (C=O) groups excluding carboxylic acids is 2. The van der Waals surface area contributed by atoms with E-state index in [1.807, 2.05) is 11.8 Å². The van der Waals surface area contributed by atoms with Crippen molar-refractivity contribution in [3.63, 3.8) is 0 Å². The molecule has 0 spiro atoms. The molecule has 3 amide bonds. The molecule has 3 fully saturated rings. The molecule has 4 N–H and O–H groups in total. The van der Waals surface area contributed by atoms with Crippen LogP contribution in [0, 0.1) is 0 Å². The molecular formula is C15H27ClN4O2S. The molecule has 0 unspecified atom stereocenters. The SMILES string of the molecule is Cl.O=C(CCCC[C@@H]1SC[C@@H]2NC(=O)N[C@@H]21)N[C@@H]1CCCNC1. The first-order chi connectivity index (χ1) is 10.7. The van der Waals surface area contributed by atoms with Crippen molar-refractivity contribution in [2.45, 2.75) is 61.9 Å². The molecule has 3 heterocycles. The average molecular weight is 363 g/mol. The molecule has 0 aromatic rings. The molecule has 3 aliphatic heterocycles. The van der Waals surface area contributed by atoms with Gasteiger partial charge in [-0.2, -0.15) is 11.8 Å². The van der Waals surface area contributed by atoms with Gasteiger partial charge < -0.3 is 21.3 Å². The van der Waals surface area contributed by atoms with Gasteiger partial charge in [-0.3, -0.25) is 4.79 Å². The van der Waals surface area contributed by atoms with Crippen molar-refractivity contribution in [2.24, 2.45) is 0 Å². The standard InChI is InChI=1S/C15H26N4O2S.ClH/c20-13(17-10-4-3-7-16-8-10)6-2-1-5-12-14-11(9-22-12)18-15(21)19-14;/h10-12,14,16H,1-9H2,(H,17,20)(H2,18,19,21);1H/t10-,11+,12+,14+;/m1./s1. The number of amides is 3. The molecule has 0 bridgehead atoms. The zero-order chi connectivity index (χ0) is 15.4. The van der Waals surface area contributed by atoms with Crippen molar-refractivity contribution in [3.05, 3.63) is 0 Å². The zero-order valence-electron chi connectivity index (χ0n) is 13.3. The van der Waals surface area contributed by atoms with Gasteiger partial charge in [0.2, 0.25) is 5.91 Å². The molecule has 0 aromatic heterocycles. The summed E-state index contributed by atoms with van der Waals surface area (Å²) in [5.41, 5.74) is 0. The van der Waals surface area contributed by atoms with Crippen LogP contribution in [0.15, 0.2) is 0 Å². The topological polar surface area (TPSA) is 82.3 Å². The molecule has 23 heavy (non-hydrogen) atoms. The van der Waals surface area contributed by atoms with Crippen LogP contribution in [-0.2, 0) is 4.79 Å². The van der Waals surface area contributed by atoms with Crippen LogP contribution < -0.4 is 21.3 Å². The van der Waals surface area contributed by atoms with Crippen LogP contribution in [0.4, 0.5) is 4.79 Å². The number of urea groups is 1. The lowest BCUT2D eigenvalue weighted by Gasteiger charge is -2.23. The highest BCUT2D eigenvalue weighted by Crippen LogP contribution is 2.33. The van der Waals surface area contributed by atoms with Gasteiger partial charge in [-0.25, -0.2) is 4.79 Å². The van der Waals surface area contributed by atoms with Gasteiger partial charge in [0.05, 0.1) is 12.1 Å². The average Bonchev–Trinajstić information content (AvgIpc) is 3.04. The summed E-state index contributed by atoms with van der Waals surface area (Å²) in [6, 6.07) is 0.859. The number of rotatable bonds is 6. The third-order valence-electron chi connectivity index (χ3n) is 4.74. The summed E-state index contributed by atoms with van der Waals surface area (Å²) in [5.74, 6) is 1.19. The van der Waals surface area contributed by atoms with Gasteiger partial charge >= 0.3 is 6.03 Å². The first-order valence-electron chi connectivity index (χ1n) is 8.41. The summed E-state index contributed by atoms with van der Waals surface area (Å²) in [4.78, 5) is 23.2. The lowest BCUT2D eigenvalue weighted by molar-refractivity contribution is -0.122. The van der Waals surface area contributed by atoms with Crippen molar-refractivity contribution >= 4 is 36.1 Å². The number of hydrogen-bond donors (Lipinski definition) is 4. The Kier molecular flexibility index (Phi) is 7.30. The fourth-order valence-electron chi connectivity index (χ4n) is 3.55. The molecule has 0 aromatic carbocycles. The Bertz CT molecular complexity index is 420. The third-order valence-corrected chi connectivity index (χ3v) is 6.25. The Morgan fingerprint density at radius 1 is 1.30 bits per heavy atom. The number of unbranched alkanes of at least 4 members (excludes halogenated alkanes) is 1. The molecule has 6 nitrogen and oxygen atoms in total. The Hall–Kier alpha value is -0.660. The van der Waals surface area contributed by atoms with Gasteiger partial charge in [-0.15, -0.1) is 12.4 Å². The summed E-state index contributed by atoms with van der Waals surface area (Å²) < 4.78 is 0. The molecule has 3 saturated heterocycles. The van der Waals surface area contributed by atoms with Crippen LogP contribution in [0.3, 0.4) is 0 Å². The van der Waals surface area contributed by atoms with Crippen molar-refractivity contribution in [1.29, 1.82) is 0 Å². The molecule has 0 radical (unpaired) electrons. The molecule has 0 saturated carbocycles. The summed E-state index contributed by atoms with van der Waals surface area (Å²) in [7, 11) is 0. The number of halogens is 1. The lowest BCUT2D eigenvalue weighted by Crippen LogP contribution is -2.45. The highest BCUT2D eigenvalue weighted by Gasteiger charge is 2.42. The quantitative estimate of drug-likeness (QED) is 0.420. The Balaban J connectivity index is 0.00000192. The maximum Gasteiger partial charge on any atom is 0.315 e. The van der Waals surface area contributed by atoms with E-state index in [-0.39, 0.29) is 30.4 Å². The van der Waals surface area contributed by atoms with E-state index in [1.165, 1.54) is 0 Å². The highest BCUT2D eigenvalue weighted by molar-refractivity contribution is 8.00. The van der Waals surface area contributed by atoms with E-state index >= 15 is 0 Å². The number of thioether (sulfide) groups is 1. The lowest BCUT2D eigenvalue weighted by atomic mass is 10.0. The Morgan fingerprint density at radius 3 is 2.96 bits per heavy atom. The van der Waals surface area contributed by atoms with Gasteiger partial charge in [0.25, 0.3) is 0 Å². The predicted molar refractivity (Wildman–Crippen MR) is 95.2 cm³/mol. The minimum Gasteiger partial charge on any atom is -0.352 e. The van der Waals surface area contributed by atoms with Crippen molar-refractivity contribution < 1.29 is 9.59 Å². The number of piperidine rings is 1. The third kappa shape index (κ3) is 5.16. The second-order valence-corrected chi connectivity index (χ2v) is 7.75. The Morgan fingerprint density at radius 2 is 2.17 bits per heavy atom. The smallest absolute Gasteiger partial charge is 0.315 e. The van der Waals surface area contributed by atoms with Gasteiger partial charge in [-0.05, 0) is 32.2 Å². The van der Waals surface area contributed by atoms with E-state index in [9.17, 15) is 9.59 Å². The second kappa shape index (κ2) is 8.99. The van der Waals surface area contributed by atoms with Crippen LogP contribution in [0.25, 0.3) is 0 Å². The first-order valence-corrected chi connectivity index (χ1v) is 9.46. The van der Waals surface area contributed by atoms with Gasteiger partial charge in [-0.1, -0.05) is 6.42 Å². The molecular weight excluding hydrogens is 336 g/mol. The minimum atomic E-state index is -0.0271. The zero-order valence-corrected chi connectivity index (χ0v) is 14.9.